The summed E-state index contributed by atoms with van der Waals surface area (Å²) in [6.07, 6.45) is -2.29. The van der Waals surface area contributed by atoms with Gasteiger partial charge < -0.3 is 0 Å². The second-order valence-electron chi connectivity index (χ2n) is 7.09. The molecule has 0 radical (unpaired) electrons. The quantitative estimate of drug-likeness (QED) is 0.188. The topological polar surface area (TPSA) is 167 Å². The molecule has 28 heteroatoms. The largest absolute Gasteiger partial charge is 0.511 e. The van der Waals surface area contributed by atoms with Crippen LogP contribution in [0, 0.1) is 0 Å². The number of halogens is 12. The lowest BCUT2D eigenvalue weighted by Gasteiger charge is -2.28. The van der Waals surface area contributed by atoms with Crippen molar-refractivity contribution in [1.82, 2.24) is 18.1 Å². The zero-order valence-electron chi connectivity index (χ0n) is 19.0. The molecule has 0 aliphatic rings. The van der Waals surface area contributed by atoms with E-state index in [9.17, 15) is 86.4 Å². The molecule has 0 saturated carbocycles. The maximum absolute atomic E-state index is 13.0. The van der Waals surface area contributed by atoms with Crippen molar-refractivity contribution in [2.75, 3.05) is 39.3 Å². The molecule has 0 amide bonds. The van der Waals surface area contributed by atoms with Gasteiger partial charge in [-0.05, 0) is 12.8 Å². The predicted octanol–water partition coefficient (Wildman–Crippen LogP) is 0.948. The summed E-state index contributed by atoms with van der Waals surface area (Å²) in [5, 5.41) is 0. The van der Waals surface area contributed by atoms with E-state index in [1.54, 1.807) is 0 Å². The van der Waals surface area contributed by atoms with Crippen LogP contribution in [0.5, 0.6) is 0 Å². The molecule has 0 bridgehead atoms. The summed E-state index contributed by atoms with van der Waals surface area (Å²) in [7, 11) is -25.1. The van der Waals surface area contributed by atoms with Crippen molar-refractivity contribution in [2.24, 2.45) is 0 Å². The molecule has 0 fully saturated rings. The van der Waals surface area contributed by atoms with E-state index in [0.29, 0.717) is 0 Å². The number of alkyl halides is 12. The van der Waals surface area contributed by atoms with E-state index >= 15 is 0 Å². The third-order valence-electron chi connectivity index (χ3n) is 4.23. The Bertz CT molecular complexity index is 1170. The minimum atomic E-state index is -6.51. The van der Waals surface area contributed by atoms with Crippen molar-refractivity contribution < 1.29 is 86.4 Å². The number of hydrogen-bond acceptors (Lipinski definition) is 8. The highest BCUT2D eigenvalue weighted by Gasteiger charge is 2.52. The van der Waals surface area contributed by atoms with Gasteiger partial charge in [-0.15, -0.1) is 0 Å². The van der Waals surface area contributed by atoms with E-state index in [1.807, 2.05) is 0 Å². The fourth-order valence-electron chi connectivity index (χ4n) is 2.31. The van der Waals surface area contributed by atoms with Crippen LogP contribution in [-0.4, -0.2) is 104 Å². The molecule has 0 saturated heterocycles. The number of rotatable bonds is 15. The fraction of sp³-hybridized carbons (Fsp3) is 1.00. The standard InChI is InChI=1S/C12H18F12N4O8S4/c13-9(14,15)37(29,30)25-3-1-5-27(39(33,34)11(19,20)21)7-8-28(40(35,36)12(22,23)24)6-2-4-26-38(31,32)10(16,17)18/h25-26H,1-8H2. The minimum absolute atomic E-state index is 0.722. The van der Waals surface area contributed by atoms with Crippen molar-refractivity contribution in [3.8, 4) is 0 Å². The number of nitrogens with zero attached hydrogens (tertiary/aromatic N) is 2. The first-order chi connectivity index (χ1) is 17.4. The zero-order valence-corrected chi connectivity index (χ0v) is 22.3. The second kappa shape index (κ2) is 13.0. The van der Waals surface area contributed by atoms with E-state index in [-0.39, 0.29) is 0 Å². The summed E-state index contributed by atoms with van der Waals surface area (Å²) >= 11 is 0. The van der Waals surface area contributed by atoms with Crippen LogP contribution in [0.15, 0.2) is 0 Å². The molecule has 0 aliphatic carbocycles. The molecule has 0 heterocycles. The molecule has 40 heavy (non-hydrogen) atoms. The van der Waals surface area contributed by atoms with Gasteiger partial charge in [0.1, 0.15) is 0 Å². The van der Waals surface area contributed by atoms with E-state index in [1.165, 1.54) is 0 Å². The van der Waals surface area contributed by atoms with Crippen LogP contribution in [0.2, 0.25) is 0 Å². The highest BCUT2D eigenvalue weighted by molar-refractivity contribution is 7.91. The molecule has 0 atom stereocenters. The third-order valence-corrected chi connectivity index (χ3v) is 9.87. The van der Waals surface area contributed by atoms with E-state index in [2.05, 4.69) is 0 Å². The lowest BCUT2D eigenvalue weighted by Crippen LogP contribution is -2.49. The summed E-state index contributed by atoms with van der Waals surface area (Å²) in [6, 6.07) is 0. The maximum Gasteiger partial charge on any atom is 0.511 e. The smallest absolute Gasteiger partial charge is 0.207 e. The average molecular weight is 703 g/mol. The van der Waals surface area contributed by atoms with Gasteiger partial charge in [0.2, 0.25) is 0 Å². The predicted molar refractivity (Wildman–Crippen MR) is 108 cm³/mol. The van der Waals surface area contributed by atoms with Crippen molar-refractivity contribution in [1.29, 1.82) is 0 Å². The Balaban J connectivity index is 5.84. The van der Waals surface area contributed by atoms with Gasteiger partial charge in [-0.1, -0.05) is 0 Å². The number of nitrogens with one attached hydrogen (secondary N) is 2. The van der Waals surface area contributed by atoms with E-state index in [0.717, 1.165) is 9.44 Å². The van der Waals surface area contributed by atoms with Crippen LogP contribution in [0.4, 0.5) is 52.7 Å². The Labute approximate surface area is 218 Å². The Morgan fingerprint density at radius 3 is 0.875 bits per heavy atom. The SMILES string of the molecule is O=S(=O)(NCCCN(CCN(CCCNS(=O)(=O)C(F)(F)F)S(=O)(=O)C(F)(F)F)S(=O)(=O)C(F)(F)F)C(F)(F)F. The first-order valence-electron chi connectivity index (χ1n) is 9.66. The van der Waals surface area contributed by atoms with Crippen molar-refractivity contribution in [3.63, 3.8) is 0 Å². The Morgan fingerprint density at radius 2 is 0.675 bits per heavy atom. The van der Waals surface area contributed by atoms with Crippen LogP contribution >= 0.6 is 0 Å². The first kappa shape index (κ1) is 38.8. The fourth-order valence-corrected chi connectivity index (χ4v) is 5.43. The van der Waals surface area contributed by atoms with Gasteiger partial charge in [0, 0.05) is 39.3 Å². The average Bonchev–Trinajstić information content (AvgIpc) is 2.70. The monoisotopic (exact) mass is 702 g/mol. The molecule has 0 rings (SSSR count). The van der Waals surface area contributed by atoms with Crippen molar-refractivity contribution in [3.05, 3.63) is 0 Å². The Morgan fingerprint density at radius 1 is 0.425 bits per heavy atom. The van der Waals surface area contributed by atoms with E-state index < -0.39 is 123 Å². The van der Waals surface area contributed by atoms with Crippen molar-refractivity contribution in [2.45, 2.75) is 34.9 Å². The van der Waals surface area contributed by atoms with Gasteiger partial charge >= 0.3 is 62.1 Å². The molecular formula is C12H18F12N4O8S4. The van der Waals surface area contributed by atoms with Gasteiger partial charge in [-0.3, -0.25) is 0 Å². The molecule has 0 spiro atoms. The van der Waals surface area contributed by atoms with Crippen LogP contribution in [0.1, 0.15) is 12.8 Å². The molecule has 12 nitrogen and oxygen atoms in total. The van der Waals surface area contributed by atoms with Gasteiger partial charge in [0.15, 0.2) is 0 Å². The highest BCUT2D eigenvalue weighted by atomic mass is 32.2. The molecule has 0 aromatic heterocycles. The van der Waals surface area contributed by atoms with E-state index in [4.69, 9.17) is 0 Å². The molecule has 0 aromatic carbocycles. The molecule has 0 aliphatic heterocycles. The van der Waals surface area contributed by atoms with Crippen LogP contribution in [0.25, 0.3) is 0 Å². The van der Waals surface area contributed by atoms with Crippen LogP contribution in [0.3, 0.4) is 0 Å². The van der Waals surface area contributed by atoms with Gasteiger partial charge in [-0.25, -0.2) is 43.1 Å². The molecule has 0 unspecified atom stereocenters. The van der Waals surface area contributed by atoms with Crippen molar-refractivity contribution >= 4 is 40.1 Å². The lowest BCUT2D eigenvalue weighted by atomic mass is 10.4. The second-order valence-corrected chi connectivity index (χ2v) is 14.5. The summed E-state index contributed by atoms with van der Waals surface area (Å²) in [6.45, 7) is -9.22. The zero-order chi connectivity index (χ0) is 32.2. The Hall–Kier alpha value is -1.20. The van der Waals surface area contributed by atoms with Gasteiger partial charge in [0.05, 0.1) is 0 Å². The Kier molecular flexibility index (Phi) is 12.6. The van der Waals surface area contributed by atoms with Gasteiger partial charge in [-0.2, -0.15) is 61.3 Å². The molecule has 0 aromatic rings. The first-order valence-corrected chi connectivity index (χ1v) is 15.5. The number of hydrogen-bond donors (Lipinski definition) is 2. The summed E-state index contributed by atoms with van der Waals surface area (Å²) in [5.41, 5.74) is -24.1. The van der Waals surface area contributed by atoms with Gasteiger partial charge in [0.25, 0.3) is 0 Å². The summed E-state index contributed by atoms with van der Waals surface area (Å²) in [5.74, 6) is 0. The molecule has 2 N–H and O–H groups in total. The normalized spacial score (nSPS) is 15.2. The molecule has 242 valence electrons. The summed E-state index contributed by atoms with van der Waals surface area (Å²) in [4.78, 5) is 0. The van der Waals surface area contributed by atoms with Crippen LogP contribution < -0.4 is 9.44 Å². The van der Waals surface area contributed by atoms with Crippen LogP contribution in [-0.2, 0) is 40.1 Å². The number of sulfonamides is 4. The maximum atomic E-state index is 13.0. The summed E-state index contributed by atoms with van der Waals surface area (Å²) < 4.78 is 242. The third kappa shape index (κ3) is 10.3. The minimum Gasteiger partial charge on any atom is -0.207 e. The molecular weight excluding hydrogens is 684 g/mol. The highest BCUT2D eigenvalue weighted by Crippen LogP contribution is 2.29. The lowest BCUT2D eigenvalue weighted by molar-refractivity contribution is -0.0510.